The molecule has 0 aromatic carbocycles. The van der Waals surface area contributed by atoms with Gasteiger partial charge in [-0.15, -0.1) is 11.6 Å². The lowest BCUT2D eigenvalue weighted by Crippen LogP contribution is -2.38. The van der Waals surface area contributed by atoms with Gasteiger partial charge in [-0.05, 0) is 18.4 Å². The topological polar surface area (TPSA) is 41.5 Å². The molecule has 0 fully saturated rings. The maximum absolute atomic E-state index is 12.2. The van der Waals surface area contributed by atoms with Crippen LogP contribution >= 0.6 is 11.6 Å². The molecule has 0 aromatic heterocycles. The van der Waals surface area contributed by atoms with Crippen LogP contribution in [0.15, 0.2) is 52.2 Å². The molecular formula is C18H23ClN3O+. The monoisotopic (exact) mass is 332 g/mol. The third kappa shape index (κ3) is 3.48. The van der Waals surface area contributed by atoms with E-state index in [9.17, 15) is 4.79 Å². The molecule has 0 saturated heterocycles. The number of likely N-dealkylation sites (N-methyl/N-ethyl adjacent to an activating group) is 1. The first kappa shape index (κ1) is 16.2. The predicted molar refractivity (Wildman–Crippen MR) is 94.3 cm³/mol. The Morgan fingerprint density at radius 1 is 1.48 bits per heavy atom. The highest BCUT2D eigenvalue weighted by molar-refractivity contribution is 6.22. The van der Waals surface area contributed by atoms with Crippen LogP contribution in [0, 0.1) is 0 Å². The van der Waals surface area contributed by atoms with Gasteiger partial charge >= 0.3 is 0 Å². The fourth-order valence-electron chi connectivity index (χ4n) is 3.24. The number of amides is 1. The van der Waals surface area contributed by atoms with E-state index in [0.29, 0.717) is 17.4 Å². The lowest BCUT2D eigenvalue weighted by molar-refractivity contribution is -0.739. The largest absolute Gasteiger partial charge is 0.352 e. The zero-order valence-corrected chi connectivity index (χ0v) is 14.4. The lowest BCUT2D eigenvalue weighted by atomic mass is 10.0. The second-order valence-corrected chi connectivity index (χ2v) is 7.16. The number of halogens is 1. The van der Waals surface area contributed by atoms with Crippen LogP contribution in [0.3, 0.4) is 0 Å². The summed E-state index contributed by atoms with van der Waals surface area (Å²) in [6.07, 6.45) is 12.5. The van der Waals surface area contributed by atoms with Crippen molar-refractivity contribution in [3.8, 4) is 0 Å². The average Bonchev–Trinajstić information content (AvgIpc) is 2.79. The van der Waals surface area contributed by atoms with E-state index >= 15 is 0 Å². The maximum atomic E-state index is 12.2. The molecule has 23 heavy (non-hydrogen) atoms. The number of nitrogens with zero attached hydrogens (tertiary/aromatic N) is 2. The van der Waals surface area contributed by atoms with E-state index in [4.69, 9.17) is 11.6 Å². The Kier molecular flexibility index (Phi) is 4.55. The standard InChI is InChI=1S/C18H22ClN3O/c1-22(2)12-14(15-7-5-9-20-18(15)22)11-21-17(23)10-13-6-3-4-8-16(13)19/h3-4,6-7,12,16H,5,8-11H2,1-2H3/p+1. The Bertz CT molecular complexity index is 668. The number of amidine groups is 1. The number of allylic oxidation sites excluding steroid dienone is 3. The molecule has 0 spiro atoms. The number of quaternary nitrogens is 1. The summed E-state index contributed by atoms with van der Waals surface area (Å²) in [5.74, 6) is 1.12. The summed E-state index contributed by atoms with van der Waals surface area (Å²) < 4.78 is 0.650. The van der Waals surface area contributed by atoms with Crippen molar-refractivity contribution in [2.45, 2.75) is 24.6 Å². The van der Waals surface area contributed by atoms with Crippen LogP contribution in [0.1, 0.15) is 19.3 Å². The number of alkyl halides is 1. The SMILES string of the molecule is C[N+]1(C)C=C(CNC(=O)CC2=CC=CCC2Cl)C2=CCCN=C21. The first-order valence-electron chi connectivity index (χ1n) is 8.05. The molecule has 0 bridgehead atoms. The third-order valence-corrected chi connectivity index (χ3v) is 4.84. The van der Waals surface area contributed by atoms with E-state index in [1.54, 1.807) is 0 Å². The second-order valence-electron chi connectivity index (χ2n) is 6.63. The predicted octanol–water partition coefficient (Wildman–Crippen LogP) is 2.69. The van der Waals surface area contributed by atoms with Crippen LogP contribution in [0.25, 0.3) is 0 Å². The molecule has 3 rings (SSSR count). The number of aliphatic imine (C=N–C) groups is 1. The van der Waals surface area contributed by atoms with Gasteiger partial charge in [0.2, 0.25) is 11.7 Å². The lowest BCUT2D eigenvalue weighted by Gasteiger charge is -2.22. The zero-order valence-electron chi connectivity index (χ0n) is 13.7. The van der Waals surface area contributed by atoms with Crippen LogP contribution < -0.4 is 5.32 Å². The Labute approximate surface area is 142 Å². The van der Waals surface area contributed by atoms with Gasteiger partial charge in [0.05, 0.1) is 25.0 Å². The molecule has 0 aromatic rings. The molecule has 5 heteroatoms. The van der Waals surface area contributed by atoms with E-state index in [-0.39, 0.29) is 11.3 Å². The summed E-state index contributed by atoms with van der Waals surface area (Å²) in [5, 5.41) is 2.96. The molecule has 2 aliphatic heterocycles. The zero-order chi connectivity index (χ0) is 16.4. The van der Waals surface area contributed by atoms with Crippen LogP contribution in [0.5, 0.6) is 0 Å². The van der Waals surface area contributed by atoms with Crippen LogP contribution in [-0.2, 0) is 4.79 Å². The van der Waals surface area contributed by atoms with E-state index in [1.807, 2.05) is 18.2 Å². The van der Waals surface area contributed by atoms with Gasteiger partial charge in [0, 0.05) is 25.1 Å². The molecule has 1 atom stereocenters. The molecule has 2 heterocycles. The van der Waals surface area contributed by atoms with Gasteiger partial charge in [-0.3, -0.25) is 9.28 Å². The van der Waals surface area contributed by atoms with Gasteiger partial charge in [0.15, 0.2) is 0 Å². The van der Waals surface area contributed by atoms with Crippen molar-refractivity contribution < 1.29 is 9.28 Å². The number of fused-ring (bicyclic) bond motifs is 1. The number of nitrogens with one attached hydrogen (secondary N) is 1. The van der Waals surface area contributed by atoms with Crippen LogP contribution in [0.4, 0.5) is 0 Å². The minimum absolute atomic E-state index is 0.0187. The first-order valence-corrected chi connectivity index (χ1v) is 8.49. The molecule has 4 nitrogen and oxygen atoms in total. The molecular weight excluding hydrogens is 310 g/mol. The second kappa shape index (κ2) is 6.46. The number of hydrogen-bond donors (Lipinski definition) is 1. The smallest absolute Gasteiger partial charge is 0.234 e. The Morgan fingerprint density at radius 3 is 3.09 bits per heavy atom. The van der Waals surface area contributed by atoms with Gasteiger partial charge < -0.3 is 5.32 Å². The average molecular weight is 333 g/mol. The third-order valence-electron chi connectivity index (χ3n) is 4.38. The molecule has 1 amide bonds. The normalized spacial score (nSPS) is 25.1. The van der Waals surface area contributed by atoms with Gasteiger partial charge in [-0.25, -0.2) is 4.99 Å². The van der Waals surface area contributed by atoms with Crippen molar-refractivity contribution in [3.63, 3.8) is 0 Å². The molecule has 1 unspecified atom stereocenters. The Hall–Kier alpha value is -1.65. The van der Waals surface area contributed by atoms with Crippen molar-refractivity contribution in [1.29, 1.82) is 0 Å². The van der Waals surface area contributed by atoms with E-state index in [1.165, 1.54) is 5.57 Å². The number of rotatable bonds is 4. The minimum atomic E-state index is -0.0631. The number of dihydropyridines is 1. The van der Waals surface area contributed by atoms with Gasteiger partial charge in [-0.2, -0.15) is 0 Å². The fourth-order valence-corrected chi connectivity index (χ4v) is 3.49. The molecule has 1 aliphatic carbocycles. The number of carbonyl (C=O) groups is 1. The molecule has 1 N–H and O–H groups in total. The maximum Gasteiger partial charge on any atom is 0.234 e. The summed E-state index contributed by atoms with van der Waals surface area (Å²) >= 11 is 6.24. The highest BCUT2D eigenvalue weighted by Gasteiger charge is 2.37. The summed E-state index contributed by atoms with van der Waals surface area (Å²) in [4.78, 5) is 16.9. The minimum Gasteiger partial charge on any atom is -0.352 e. The summed E-state index contributed by atoms with van der Waals surface area (Å²) in [6, 6.07) is 0. The van der Waals surface area contributed by atoms with Crippen LogP contribution in [-0.4, -0.2) is 48.8 Å². The van der Waals surface area contributed by atoms with Crippen molar-refractivity contribution >= 4 is 23.3 Å². The van der Waals surface area contributed by atoms with Crippen molar-refractivity contribution in [1.82, 2.24) is 5.32 Å². The molecule has 0 saturated carbocycles. The highest BCUT2D eigenvalue weighted by Crippen LogP contribution is 2.29. The van der Waals surface area contributed by atoms with E-state index in [2.05, 4.69) is 36.7 Å². The van der Waals surface area contributed by atoms with Crippen molar-refractivity contribution in [2.75, 3.05) is 27.2 Å². The highest BCUT2D eigenvalue weighted by atomic mass is 35.5. The molecule has 0 radical (unpaired) electrons. The summed E-state index contributed by atoms with van der Waals surface area (Å²) in [7, 11) is 4.23. The van der Waals surface area contributed by atoms with E-state index < -0.39 is 0 Å². The summed E-state index contributed by atoms with van der Waals surface area (Å²) in [6.45, 7) is 1.40. The van der Waals surface area contributed by atoms with Gasteiger partial charge in [0.25, 0.3) is 0 Å². The Balaban J connectivity index is 1.61. The number of hydrogen-bond acceptors (Lipinski definition) is 2. The molecule has 122 valence electrons. The van der Waals surface area contributed by atoms with Gasteiger partial charge in [0.1, 0.15) is 6.20 Å². The molecule has 3 aliphatic rings. The van der Waals surface area contributed by atoms with Crippen LogP contribution in [0.2, 0.25) is 0 Å². The number of carbonyl (C=O) groups excluding carboxylic acids is 1. The fraction of sp³-hybridized carbons (Fsp3) is 0.444. The van der Waals surface area contributed by atoms with Crippen molar-refractivity contribution in [2.24, 2.45) is 4.99 Å². The summed E-state index contributed by atoms with van der Waals surface area (Å²) in [5.41, 5.74) is 3.33. The quantitative estimate of drug-likeness (QED) is 0.624. The van der Waals surface area contributed by atoms with Gasteiger partial charge in [-0.1, -0.05) is 24.3 Å². The Morgan fingerprint density at radius 2 is 2.30 bits per heavy atom. The first-order chi connectivity index (χ1) is 11.0. The van der Waals surface area contributed by atoms with Crippen molar-refractivity contribution in [3.05, 3.63) is 47.2 Å². The van der Waals surface area contributed by atoms with E-state index in [0.717, 1.165) is 36.4 Å².